The van der Waals surface area contributed by atoms with Crippen LogP contribution in [0.2, 0.25) is 0 Å². The van der Waals surface area contributed by atoms with Gasteiger partial charge in [-0.15, -0.1) is 0 Å². The molecule has 1 aliphatic heterocycles. The number of carboxylic acids is 1. The van der Waals surface area contributed by atoms with Crippen molar-refractivity contribution in [2.24, 2.45) is 7.05 Å². The number of aromatic nitrogens is 2. The molecule has 1 unspecified atom stereocenters. The number of nitrogens with zero attached hydrogens (tertiary/aromatic N) is 3. The normalized spacial score (nSPS) is 20.1. The molecule has 1 aliphatic rings. The number of sulfonamides is 1. The molecule has 2 N–H and O–H groups in total. The van der Waals surface area contributed by atoms with Crippen LogP contribution in [0.15, 0.2) is 17.3 Å². The maximum atomic E-state index is 12.3. The molecule has 1 fully saturated rings. The van der Waals surface area contributed by atoms with Crippen molar-refractivity contribution in [1.82, 2.24) is 19.4 Å². The van der Waals surface area contributed by atoms with Crippen LogP contribution in [0.25, 0.3) is 0 Å². The highest BCUT2D eigenvalue weighted by atomic mass is 32.2. The average Bonchev–Trinajstić information content (AvgIpc) is 3.05. The summed E-state index contributed by atoms with van der Waals surface area (Å²) in [6.45, 7) is 1.71. The quantitative estimate of drug-likeness (QED) is 0.726. The zero-order valence-electron chi connectivity index (χ0n) is 12.3. The van der Waals surface area contributed by atoms with Crippen molar-refractivity contribution >= 4 is 21.9 Å². The molecule has 0 radical (unpaired) electrons. The Morgan fingerprint density at radius 2 is 2.18 bits per heavy atom. The first-order valence-corrected chi connectivity index (χ1v) is 8.25. The first kappa shape index (κ1) is 16.4. The summed E-state index contributed by atoms with van der Waals surface area (Å²) < 4.78 is 27.9. The largest absolute Gasteiger partial charge is 0.480 e. The summed E-state index contributed by atoms with van der Waals surface area (Å²) in [4.78, 5) is 24.6. The Balaban J connectivity index is 2.10. The lowest BCUT2D eigenvalue weighted by Crippen LogP contribution is -2.50. The van der Waals surface area contributed by atoms with Crippen molar-refractivity contribution in [1.29, 1.82) is 0 Å². The molecule has 1 amide bonds. The van der Waals surface area contributed by atoms with E-state index >= 15 is 0 Å². The molecule has 1 aromatic heterocycles. The minimum Gasteiger partial charge on any atom is -0.480 e. The van der Waals surface area contributed by atoms with E-state index in [1.807, 2.05) is 0 Å². The molecule has 22 heavy (non-hydrogen) atoms. The van der Waals surface area contributed by atoms with Crippen LogP contribution in [-0.4, -0.2) is 58.7 Å². The summed E-state index contributed by atoms with van der Waals surface area (Å²) in [5.41, 5.74) is 0. The fourth-order valence-corrected chi connectivity index (χ4v) is 3.60. The average molecular weight is 330 g/mol. The van der Waals surface area contributed by atoms with E-state index in [9.17, 15) is 18.0 Å². The molecule has 0 aromatic carbocycles. The van der Waals surface area contributed by atoms with Gasteiger partial charge in [0.2, 0.25) is 15.9 Å². The van der Waals surface area contributed by atoms with Crippen LogP contribution in [-0.2, 0) is 26.7 Å². The van der Waals surface area contributed by atoms with E-state index in [0.717, 1.165) is 0 Å². The predicted octanol–water partition coefficient (Wildman–Crippen LogP) is -0.837. The predicted molar refractivity (Wildman–Crippen MR) is 75.4 cm³/mol. The van der Waals surface area contributed by atoms with Gasteiger partial charge in [0.05, 0.1) is 12.2 Å². The molecule has 0 saturated carbocycles. The van der Waals surface area contributed by atoms with E-state index in [1.54, 1.807) is 7.05 Å². The minimum atomic E-state index is -3.88. The fourth-order valence-electron chi connectivity index (χ4n) is 2.42. The number of carboxylic acid groups (broad SMARTS) is 1. The van der Waals surface area contributed by atoms with Crippen LogP contribution in [0.3, 0.4) is 0 Å². The van der Waals surface area contributed by atoms with Crippen LogP contribution in [0, 0.1) is 0 Å². The molecule has 0 bridgehead atoms. The van der Waals surface area contributed by atoms with E-state index in [2.05, 4.69) is 9.82 Å². The Morgan fingerprint density at radius 1 is 1.50 bits per heavy atom. The van der Waals surface area contributed by atoms with E-state index in [-0.39, 0.29) is 4.90 Å². The Kier molecular flexibility index (Phi) is 4.52. The molecule has 2 rings (SSSR count). The number of hydrogen-bond donors (Lipinski definition) is 2. The van der Waals surface area contributed by atoms with Gasteiger partial charge in [-0.1, -0.05) is 0 Å². The highest BCUT2D eigenvalue weighted by Crippen LogP contribution is 2.19. The number of amides is 1. The van der Waals surface area contributed by atoms with Gasteiger partial charge >= 0.3 is 5.97 Å². The molecule has 1 aromatic rings. The standard InChI is InChI=1S/C12H18N4O5S/c1-8(11(17)16-5-3-4-10(16)12(18)19)14-22(20,21)9-6-13-15(2)7-9/h6-8,10,14H,3-5H2,1-2H3,(H,18,19)/t8?,10-/m1/s1. The number of nitrogens with one attached hydrogen (secondary N) is 1. The number of likely N-dealkylation sites (tertiary alicyclic amines) is 1. The molecular formula is C12H18N4O5S. The third-order valence-electron chi connectivity index (χ3n) is 3.51. The summed E-state index contributed by atoms with van der Waals surface area (Å²) >= 11 is 0. The van der Waals surface area contributed by atoms with Crippen LogP contribution in [0.1, 0.15) is 19.8 Å². The van der Waals surface area contributed by atoms with Gasteiger partial charge in [-0.25, -0.2) is 13.2 Å². The van der Waals surface area contributed by atoms with Crippen molar-refractivity contribution in [3.63, 3.8) is 0 Å². The van der Waals surface area contributed by atoms with Gasteiger partial charge in [-0.2, -0.15) is 9.82 Å². The summed E-state index contributed by atoms with van der Waals surface area (Å²) in [6, 6.07) is -1.94. The second-order valence-corrected chi connectivity index (χ2v) is 6.93. The Bertz CT molecular complexity index is 683. The Morgan fingerprint density at radius 3 is 2.73 bits per heavy atom. The summed E-state index contributed by atoms with van der Waals surface area (Å²) in [6.07, 6.45) is 3.46. The molecule has 1 saturated heterocycles. The van der Waals surface area contributed by atoms with Crippen molar-refractivity contribution in [2.45, 2.75) is 36.7 Å². The first-order valence-electron chi connectivity index (χ1n) is 6.76. The lowest BCUT2D eigenvalue weighted by Gasteiger charge is -2.25. The molecule has 2 heterocycles. The van der Waals surface area contributed by atoms with Crippen LogP contribution in [0.5, 0.6) is 0 Å². The van der Waals surface area contributed by atoms with Gasteiger partial charge in [-0.05, 0) is 19.8 Å². The second-order valence-electron chi connectivity index (χ2n) is 5.22. The van der Waals surface area contributed by atoms with E-state index in [4.69, 9.17) is 5.11 Å². The number of carbonyl (C=O) groups excluding carboxylic acids is 1. The molecule has 9 nitrogen and oxygen atoms in total. The van der Waals surface area contributed by atoms with Crippen molar-refractivity contribution < 1.29 is 23.1 Å². The third kappa shape index (κ3) is 3.28. The number of rotatable bonds is 5. The summed E-state index contributed by atoms with van der Waals surface area (Å²) in [7, 11) is -2.30. The SMILES string of the molecule is CC(NS(=O)(=O)c1cnn(C)c1)C(=O)N1CCC[C@@H]1C(=O)O. The smallest absolute Gasteiger partial charge is 0.326 e. The van der Waals surface area contributed by atoms with Crippen molar-refractivity contribution in [3.8, 4) is 0 Å². The van der Waals surface area contributed by atoms with Crippen molar-refractivity contribution in [3.05, 3.63) is 12.4 Å². The van der Waals surface area contributed by atoms with Crippen molar-refractivity contribution in [2.75, 3.05) is 6.54 Å². The van der Waals surface area contributed by atoms with Gasteiger partial charge in [0, 0.05) is 19.8 Å². The van der Waals surface area contributed by atoms with Gasteiger partial charge in [0.1, 0.15) is 10.9 Å². The summed E-state index contributed by atoms with van der Waals surface area (Å²) in [5, 5.41) is 12.9. The topological polar surface area (TPSA) is 122 Å². The number of aliphatic carboxylic acids is 1. The van der Waals surface area contributed by atoms with Gasteiger partial charge in [0.15, 0.2) is 0 Å². The highest BCUT2D eigenvalue weighted by molar-refractivity contribution is 7.89. The van der Waals surface area contributed by atoms with Gasteiger partial charge in [-0.3, -0.25) is 9.48 Å². The zero-order valence-corrected chi connectivity index (χ0v) is 13.1. The monoisotopic (exact) mass is 330 g/mol. The lowest BCUT2D eigenvalue weighted by atomic mass is 10.2. The molecule has 0 spiro atoms. The number of hydrogen-bond acceptors (Lipinski definition) is 5. The van der Waals surface area contributed by atoms with Gasteiger partial charge in [0.25, 0.3) is 0 Å². The molecule has 2 atom stereocenters. The van der Waals surface area contributed by atoms with Gasteiger partial charge < -0.3 is 10.0 Å². The lowest BCUT2D eigenvalue weighted by molar-refractivity contribution is -0.148. The molecular weight excluding hydrogens is 312 g/mol. The molecule has 122 valence electrons. The van der Waals surface area contributed by atoms with E-state index in [0.29, 0.717) is 19.4 Å². The maximum absolute atomic E-state index is 12.3. The zero-order chi connectivity index (χ0) is 16.5. The Labute approximate surface area is 128 Å². The molecule has 10 heteroatoms. The number of carbonyl (C=O) groups is 2. The van der Waals surface area contributed by atoms with E-state index < -0.39 is 34.0 Å². The third-order valence-corrected chi connectivity index (χ3v) is 5.01. The molecule has 0 aliphatic carbocycles. The van der Waals surface area contributed by atoms with Crippen LogP contribution < -0.4 is 4.72 Å². The minimum absolute atomic E-state index is 0.0501. The highest BCUT2D eigenvalue weighted by Gasteiger charge is 2.37. The first-order chi connectivity index (χ1) is 10.2. The maximum Gasteiger partial charge on any atom is 0.326 e. The van der Waals surface area contributed by atoms with Crippen LogP contribution in [0.4, 0.5) is 0 Å². The van der Waals surface area contributed by atoms with Crippen LogP contribution >= 0.6 is 0 Å². The Hall–Kier alpha value is -1.94. The second kappa shape index (κ2) is 6.05. The number of aryl methyl sites for hydroxylation is 1. The fraction of sp³-hybridized carbons (Fsp3) is 0.583. The van der Waals surface area contributed by atoms with E-state index in [1.165, 1.54) is 28.9 Å². The summed E-state index contributed by atoms with van der Waals surface area (Å²) in [5.74, 6) is -1.62.